The molecule has 0 amide bonds. The maximum atomic E-state index is 5.15. The molecular weight excluding hydrogens is 227 g/mol. The van der Waals surface area contributed by atoms with Crippen LogP contribution in [-0.2, 0) is 6.42 Å². The highest BCUT2D eigenvalue weighted by atomic mass is 31.0. The van der Waals surface area contributed by atoms with Crippen LogP contribution in [0.4, 0.5) is 0 Å². The summed E-state index contributed by atoms with van der Waals surface area (Å²) >= 11 is 0. The summed E-state index contributed by atoms with van der Waals surface area (Å²) < 4.78 is 5.15. The molecule has 1 nitrogen and oxygen atoms in total. The maximum absolute atomic E-state index is 5.15. The van der Waals surface area contributed by atoms with Crippen LogP contribution in [0.2, 0.25) is 0 Å². The average Bonchev–Trinajstić information content (AvgIpc) is 2.40. The van der Waals surface area contributed by atoms with E-state index < -0.39 is 0 Å². The minimum atomic E-state index is 0.463. The second kappa shape index (κ2) is 5.84. The molecule has 2 aromatic carbocycles. The first-order valence-corrected chi connectivity index (χ1v) is 6.39. The Morgan fingerprint density at radius 3 is 2.24 bits per heavy atom. The first kappa shape index (κ1) is 12.1. The lowest BCUT2D eigenvalue weighted by molar-refractivity contribution is 0.414. The summed E-state index contributed by atoms with van der Waals surface area (Å²) in [6.07, 6.45) is 1.03. The molecule has 0 fully saturated rings. The van der Waals surface area contributed by atoms with Crippen molar-refractivity contribution in [3.8, 4) is 5.75 Å². The number of hydrogen-bond donors (Lipinski definition) is 0. The van der Waals surface area contributed by atoms with Crippen molar-refractivity contribution in [2.45, 2.75) is 12.1 Å². The zero-order chi connectivity index (χ0) is 12.1. The van der Waals surface area contributed by atoms with Crippen molar-refractivity contribution in [2.75, 3.05) is 7.11 Å². The summed E-state index contributed by atoms with van der Waals surface area (Å²) in [7, 11) is 4.61. The van der Waals surface area contributed by atoms with E-state index in [1.807, 2.05) is 18.2 Å². The Hall–Kier alpha value is -1.33. The number of rotatable bonds is 4. The Kier molecular flexibility index (Phi) is 4.17. The van der Waals surface area contributed by atoms with E-state index in [0.717, 1.165) is 12.2 Å². The van der Waals surface area contributed by atoms with Gasteiger partial charge in [-0.1, -0.05) is 42.5 Å². The van der Waals surface area contributed by atoms with Crippen LogP contribution in [0.1, 0.15) is 16.8 Å². The molecule has 0 saturated heterocycles. The summed E-state index contributed by atoms with van der Waals surface area (Å²) in [6, 6.07) is 18.8. The van der Waals surface area contributed by atoms with E-state index in [9.17, 15) is 0 Å². The molecule has 0 radical (unpaired) electrons. The largest absolute Gasteiger partial charge is 0.497 e. The zero-order valence-corrected chi connectivity index (χ0v) is 11.1. The highest BCUT2D eigenvalue weighted by Gasteiger charge is 2.06. The minimum absolute atomic E-state index is 0.463. The Bertz CT molecular complexity index is 450. The van der Waals surface area contributed by atoms with Gasteiger partial charge in [-0.15, -0.1) is 9.24 Å². The van der Waals surface area contributed by atoms with Crippen LogP contribution in [0.25, 0.3) is 0 Å². The SMILES string of the molecule is COc1ccc(CC(P)c2ccccc2)cc1. The van der Waals surface area contributed by atoms with Crippen molar-refractivity contribution >= 4 is 9.24 Å². The highest BCUT2D eigenvalue weighted by Crippen LogP contribution is 2.27. The van der Waals surface area contributed by atoms with E-state index in [1.54, 1.807) is 7.11 Å². The molecule has 0 spiro atoms. The number of methoxy groups -OCH3 is 1. The van der Waals surface area contributed by atoms with Gasteiger partial charge in [0, 0.05) is 5.66 Å². The number of hydrogen-bond acceptors (Lipinski definition) is 1. The van der Waals surface area contributed by atoms with Crippen molar-refractivity contribution in [1.82, 2.24) is 0 Å². The third kappa shape index (κ3) is 3.31. The van der Waals surface area contributed by atoms with E-state index >= 15 is 0 Å². The van der Waals surface area contributed by atoms with E-state index in [4.69, 9.17) is 4.74 Å². The van der Waals surface area contributed by atoms with E-state index in [2.05, 4.69) is 45.6 Å². The summed E-state index contributed by atoms with van der Waals surface area (Å²) in [5.41, 5.74) is 3.15. The van der Waals surface area contributed by atoms with Gasteiger partial charge < -0.3 is 4.74 Å². The Morgan fingerprint density at radius 1 is 1.00 bits per heavy atom. The molecule has 17 heavy (non-hydrogen) atoms. The second-order valence-corrected chi connectivity index (χ2v) is 4.87. The first-order chi connectivity index (χ1) is 8.29. The summed E-state index contributed by atoms with van der Waals surface area (Å²) in [6.45, 7) is 0. The molecule has 2 atom stereocenters. The Labute approximate surface area is 105 Å². The molecule has 0 bridgehead atoms. The number of benzene rings is 2. The third-order valence-corrected chi connectivity index (χ3v) is 3.46. The van der Waals surface area contributed by atoms with Gasteiger partial charge in [0.05, 0.1) is 7.11 Å². The van der Waals surface area contributed by atoms with Crippen LogP contribution in [0.3, 0.4) is 0 Å². The normalized spacial score (nSPS) is 12.1. The maximum Gasteiger partial charge on any atom is 0.118 e. The quantitative estimate of drug-likeness (QED) is 0.742. The molecule has 88 valence electrons. The standard InChI is InChI=1S/C15H17OP/c1-16-14-9-7-12(8-10-14)11-15(17)13-5-3-2-4-6-13/h2-10,15H,11,17H2,1H3. The van der Waals surface area contributed by atoms with Gasteiger partial charge in [0.15, 0.2) is 0 Å². The van der Waals surface area contributed by atoms with Gasteiger partial charge in [0.25, 0.3) is 0 Å². The summed E-state index contributed by atoms with van der Waals surface area (Å²) in [5.74, 6) is 0.911. The Morgan fingerprint density at radius 2 is 1.65 bits per heavy atom. The lowest BCUT2D eigenvalue weighted by Gasteiger charge is -2.12. The molecular formula is C15H17OP. The van der Waals surface area contributed by atoms with E-state index in [1.165, 1.54) is 11.1 Å². The fourth-order valence-electron chi connectivity index (χ4n) is 1.83. The van der Waals surface area contributed by atoms with Crippen molar-refractivity contribution < 1.29 is 4.74 Å². The average molecular weight is 244 g/mol. The van der Waals surface area contributed by atoms with Crippen LogP contribution in [0.15, 0.2) is 54.6 Å². The second-order valence-electron chi connectivity index (χ2n) is 4.07. The van der Waals surface area contributed by atoms with Crippen LogP contribution in [0, 0.1) is 0 Å². The van der Waals surface area contributed by atoms with Gasteiger partial charge in [0.1, 0.15) is 5.75 Å². The lowest BCUT2D eigenvalue weighted by Crippen LogP contribution is -1.95. The summed E-state index contributed by atoms with van der Waals surface area (Å²) in [4.78, 5) is 0. The van der Waals surface area contributed by atoms with Gasteiger partial charge in [-0.2, -0.15) is 0 Å². The highest BCUT2D eigenvalue weighted by molar-refractivity contribution is 7.17. The lowest BCUT2D eigenvalue weighted by atomic mass is 10.0. The van der Waals surface area contributed by atoms with Gasteiger partial charge in [-0.3, -0.25) is 0 Å². The molecule has 0 heterocycles. The predicted octanol–water partition coefficient (Wildman–Crippen LogP) is 3.85. The van der Waals surface area contributed by atoms with Crippen LogP contribution in [0.5, 0.6) is 5.75 Å². The van der Waals surface area contributed by atoms with Crippen molar-refractivity contribution in [3.05, 3.63) is 65.7 Å². The smallest absolute Gasteiger partial charge is 0.118 e. The van der Waals surface area contributed by atoms with Gasteiger partial charge >= 0.3 is 0 Å². The molecule has 0 aliphatic carbocycles. The topological polar surface area (TPSA) is 9.23 Å². The molecule has 2 aromatic rings. The van der Waals surface area contributed by atoms with Crippen LogP contribution in [-0.4, -0.2) is 7.11 Å². The fraction of sp³-hybridized carbons (Fsp3) is 0.200. The molecule has 0 N–H and O–H groups in total. The van der Waals surface area contributed by atoms with Gasteiger partial charge in [-0.05, 0) is 29.7 Å². The predicted molar refractivity (Wildman–Crippen MR) is 75.6 cm³/mol. The minimum Gasteiger partial charge on any atom is -0.497 e. The Balaban J connectivity index is 2.05. The van der Waals surface area contributed by atoms with Crippen LogP contribution < -0.4 is 4.74 Å². The van der Waals surface area contributed by atoms with Crippen molar-refractivity contribution in [3.63, 3.8) is 0 Å². The molecule has 2 unspecified atom stereocenters. The molecule has 0 aromatic heterocycles. The molecule has 0 aliphatic rings. The van der Waals surface area contributed by atoms with Gasteiger partial charge in [0.2, 0.25) is 0 Å². The van der Waals surface area contributed by atoms with Gasteiger partial charge in [-0.25, -0.2) is 0 Å². The van der Waals surface area contributed by atoms with Crippen molar-refractivity contribution in [2.24, 2.45) is 0 Å². The van der Waals surface area contributed by atoms with Crippen molar-refractivity contribution in [1.29, 1.82) is 0 Å². The first-order valence-electron chi connectivity index (χ1n) is 5.73. The third-order valence-electron chi connectivity index (χ3n) is 2.84. The zero-order valence-electron chi connectivity index (χ0n) is 9.97. The summed E-state index contributed by atoms with van der Waals surface area (Å²) in [5, 5.41) is 0. The van der Waals surface area contributed by atoms with E-state index in [-0.39, 0.29) is 0 Å². The molecule has 0 aliphatic heterocycles. The fourth-order valence-corrected chi connectivity index (χ4v) is 2.33. The van der Waals surface area contributed by atoms with Crippen LogP contribution >= 0.6 is 9.24 Å². The number of ether oxygens (including phenoxy) is 1. The molecule has 2 heteroatoms. The van der Waals surface area contributed by atoms with E-state index in [0.29, 0.717) is 5.66 Å². The monoisotopic (exact) mass is 244 g/mol. The molecule has 0 saturated carbocycles. The molecule has 2 rings (SSSR count).